The van der Waals surface area contributed by atoms with Gasteiger partial charge >= 0.3 is 0 Å². The normalized spacial score (nSPS) is 20.8. The maximum atomic E-state index is 12.9. The highest BCUT2D eigenvalue weighted by molar-refractivity contribution is 7.09. The molecule has 2 heterocycles. The second-order valence-electron chi connectivity index (χ2n) is 6.56. The maximum Gasteiger partial charge on any atom is 0.248 e. The third-order valence-corrected chi connectivity index (χ3v) is 5.55. The molecule has 0 aliphatic carbocycles. The van der Waals surface area contributed by atoms with Crippen LogP contribution in [0.4, 0.5) is 0 Å². The predicted octanol–water partition coefficient (Wildman–Crippen LogP) is 2.79. The van der Waals surface area contributed by atoms with Crippen molar-refractivity contribution in [2.24, 2.45) is 0 Å². The first-order valence-electron chi connectivity index (χ1n) is 7.93. The predicted molar refractivity (Wildman–Crippen MR) is 92.2 cm³/mol. The first-order chi connectivity index (χ1) is 10.8. The Morgan fingerprint density at radius 1 is 1.57 bits per heavy atom. The highest BCUT2D eigenvalue weighted by atomic mass is 32.1. The van der Waals surface area contributed by atoms with Gasteiger partial charge < -0.3 is 9.80 Å². The Hall–Kier alpha value is -1.69. The van der Waals surface area contributed by atoms with E-state index >= 15 is 0 Å². The molecule has 0 aromatic carbocycles. The van der Waals surface area contributed by atoms with Gasteiger partial charge in [-0.1, -0.05) is 20.4 Å². The Kier molecular flexibility index (Phi) is 5.24. The number of nitrogens with zero attached hydrogens (tertiary/aromatic N) is 3. The Balaban J connectivity index is 2.11. The van der Waals surface area contributed by atoms with Gasteiger partial charge in [-0.25, -0.2) is 4.98 Å². The summed E-state index contributed by atoms with van der Waals surface area (Å²) < 4.78 is 0. The minimum absolute atomic E-state index is 0.0377. The molecule has 1 aliphatic rings. The number of likely N-dealkylation sites (tertiary alicyclic amines) is 1. The molecule has 1 fully saturated rings. The van der Waals surface area contributed by atoms with Crippen molar-refractivity contribution in [2.75, 3.05) is 13.6 Å². The standard InChI is InChI=1S/C17H25N3O2S/c1-6-14(21)20-9-7-8-17(20,4)16(22)19(5)10-13-11-23-15(18-13)12(2)3/h6,11-12H,1,7-10H2,2-5H3/t17-/m1/s1. The van der Waals surface area contributed by atoms with Crippen LogP contribution in [0.15, 0.2) is 18.0 Å². The molecule has 1 aromatic rings. The molecular weight excluding hydrogens is 310 g/mol. The molecule has 0 saturated carbocycles. The summed E-state index contributed by atoms with van der Waals surface area (Å²) in [4.78, 5) is 32.8. The summed E-state index contributed by atoms with van der Waals surface area (Å²) in [7, 11) is 1.77. The minimum Gasteiger partial charge on any atom is -0.338 e. The second kappa shape index (κ2) is 6.83. The van der Waals surface area contributed by atoms with Crippen LogP contribution in [-0.4, -0.2) is 45.7 Å². The molecule has 0 spiro atoms. The number of thiazole rings is 1. The summed E-state index contributed by atoms with van der Waals surface area (Å²) in [5, 5.41) is 3.08. The average Bonchev–Trinajstić information content (AvgIpc) is 3.13. The van der Waals surface area contributed by atoms with Crippen molar-refractivity contribution in [3.05, 3.63) is 28.7 Å². The van der Waals surface area contributed by atoms with Gasteiger partial charge in [-0.15, -0.1) is 11.3 Å². The number of hydrogen-bond acceptors (Lipinski definition) is 4. The van der Waals surface area contributed by atoms with E-state index in [2.05, 4.69) is 25.4 Å². The molecule has 0 unspecified atom stereocenters. The van der Waals surface area contributed by atoms with Crippen LogP contribution >= 0.6 is 11.3 Å². The zero-order valence-corrected chi connectivity index (χ0v) is 15.2. The molecule has 2 amide bonds. The number of carbonyl (C=O) groups is 2. The summed E-state index contributed by atoms with van der Waals surface area (Å²) >= 11 is 1.62. The lowest BCUT2D eigenvalue weighted by Gasteiger charge is -2.36. The Morgan fingerprint density at radius 3 is 2.83 bits per heavy atom. The fraction of sp³-hybridized carbons (Fsp3) is 0.588. The van der Waals surface area contributed by atoms with Crippen LogP contribution in [0.2, 0.25) is 0 Å². The van der Waals surface area contributed by atoms with Crippen molar-refractivity contribution in [3.8, 4) is 0 Å². The summed E-state index contributed by atoms with van der Waals surface area (Å²) in [5.41, 5.74) is 0.120. The molecular formula is C17H25N3O2S. The molecule has 1 aromatic heterocycles. The SMILES string of the molecule is C=CC(=O)N1CCC[C@]1(C)C(=O)N(C)Cc1csc(C(C)C)n1. The van der Waals surface area contributed by atoms with Crippen LogP contribution in [0, 0.1) is 0 Å². The molecule has 0 radical (unpaired) electrons. The van der Waals surface area contributed by atoms with Crippen LogP contribution in [0.3, 0.4) is 0 Å². The van der Waals surface area contributed by atoms with Gasteiger partial charge in [-0.2, -0.15) is 0 Å². The number of likely N-dealkylation sites (N-methyl/N-ethyl adjacent to an activating group) is 1. The molecule has 0 N–H and O–H groups in total. The van der Waals surface area contributed by atoms with E-state index in [-0.39, 0.29) is 11.8 Å². The lowest BCUT2D eigenvalue weighted by atomic mass is 9.96. The zero-order valence-electron chi connectivity index (χ0n) is 14.3. The van der Waals surface area contributed by atoms with Gasteiger partial charge in [-0.05, 0) is 25.8 Å². The third-order valence-electron chi connectivity index (χ3n) is 4.35. The molecule has 6 heteroatoms. The quantitative estimate of drug-likeness (QED) is 0.778. The van der Waals surface area contributed by atoms with E-state index in [1.54, 1.807) is 28.2 Å². The van der Waals surface area contributed by atoms with Crippen LogP contribution < -0.4 is 0 Å². The van der Waals surface area contributed by atoms with Crippen molar-refractivity contribution in [2.45, 2.75) is 51.6 Å². The Labute approximate surface area is 142 Å². The molecule has 126 valence electrons. The molecule has 23 heavy (non-hydrogen) atoms. The highest BCUT2D eigenvalue weighted by Crippen LogP contribution is 2.31. The Bertz CT molecular complexity index is 611. The van der Waals surface area contributed by atoms with Crippen LogP contribution in [-0.2, 0) is 16.1 Å². The average molecular weight is 335 g/mol. The highest BCUT2D eigenvalue weighted by Gasteiger charge is 2.46. The van der Waals surface area contributed by atoms with Crippen molar-refractivity contribution < 1.29 is 9.59 Å². The topological polar surface area (TPSA) is 53.5 Å². The van der Waals surface area contributed by atoms with Crippen molar-refractivity contribution in [1.29, 1.82) is 0 Å². The summed E-state index contributed by atoms with van der Waals surface area (Å²) in [6.45, 7) is 10.7. The minimum atomic E-state index is -0.781. The van der Waals surface area contributed by atoms with Gasteiger partial charge in [0.05, 0.1) is 17.2 Å². The number of hydrogen-bond donors (Lipinski definition) is 0. The first kappa shape index (κ1) is 17.7. The summed E-state index contributed by atoms with van der Waals surface area (Å²) in [6.07, 6.45) is 2.81. The lowest BCUT2D eigenvalue weighted by molar-refractivity contribution is -0.147. The fourth-order valence-electron chi connectivity index (χ4n) is 3.04. The largest absolute Gasteiger partial charge is 0.338 e. The molecule has 2 rings (SSSR count). The monoisotopic (exact) mass is 335 g/mol. The third kappa shape index (κ3) is 3.47. The number of amides is 2. The van der Waals surface area contributed by atoms with E-state index < -0.39 is 5.54 Å². The van der Waals surface area contributed by atoms with E-state index in [4.69, 9.17) is 0 Å². The summed E-state index contributed by atoms with van der Waals surface area (Å²) in [5.74, 6) is 0.176. The molecule has 5 nitrogen and oxygen atoms in total. The first-order valence-corrected chi connectivity index (χ1v) is 8.81. The van der Waals surface area contributed by atoms with Gasteiger partial charge in [0, 0.05) is 24.9 Å². The van der Waals surface area contributed by atoms with Crippen LogP contribution in [0.25, 0.3) is 0 Å². The van der Waals surface area contributed by atoms with Crippen molar-refractivity contribution in [3.63, 3.8) is 0 Å². The molecule has 1 aliphatic heterocycles. The van der Waals surface area contributed by atoms with Crippen molar-refractivity contribution >= 4 is 23.2 Å². The number of carbonyl (C=O) groups excluding carboxylic acids is 2. The van der Waals surface area contributed by atoms with E-state index in [0.29, 0.717) is 25.4 Å². The maximum absolute atomic E-state index is 12.9. The smallest absolute Gasteiger partial charge is 0.248 e. The second-order valence-corrected chi connectivity index (χ2v) is 7.45. The van der Waals surface area contributed by atoms with Gasteiger partial charge in [0.25, 0.3) is 0 Å². The Morgan fingerprint density at radius 2 is 2.26 bits per heavy atom. The zero-order chi connectivity index (χ0) is 17.2. The van der Waals surface area contributed by atoms with Gasteiger partial charge in [0.2, 0.25) is 11.8 Å². The van der Waals surface area contributed by atoms with Gasteiger partial charge in [0.1, 0.15) is 5.54 Å². The molecule has 1 saturated heterocycles. The molecule has 0 bridgehead atoms. The fourth-order valence-corrected chi connectivity index (χ4v) is 3.86. The van der Waals surface area contributed by atoms with Gasteiger partial charge in [0.15, 0.2) is 0 Å². The van der Waals surface area contributed by atoms with Crippen LogP contribution in [0.5, 0.6) is 0 Å². The van der Waals surface area contributed by atoms with E-state index in [1.165, 1.54) is 6.08 Å². The van der Waals surface area contributed by atoms with E-state index in [9.17, 15) is 9.59 Å². The van der Waals surface area contributed by atoms with Crippen molar-refractivity contribution in [1.82, 2.24) is 14.8 Å². The summed E-state index contributed by atoms with van der Waals surface area (Å²) in [6, 6.07) is 0. The van der Waals surface area contributed by atoms with E-state index in [1.807, 2.05) is 12.3 Å². The molecule has 1 atom stereocenters. The van der Waals surface area contributed by atoms with Crippen LogP contribution in [0.1, 0.15) is 50.2 Å². The lowest BCUT2D eigenvalue weighted by Crippen LogP contribution is -2.55. The van der Waals surface area contributed by atoms with E-state index in [0.717, 1.165) is 17.1 Å². The number of aromatic nitrogens is 1. The number of rotatable bonds is 5. The van der Waals surface area contributed by atoms with Gasteiger partial charge in [-0.3, -0.25) is 9.59 Å².